The average molecular weight is 301 g/mol. The van der Waals surface area contributed by atoms with E-state index in [2.05, 4.69) is 15.9 Å². The van der Waals surface area contributed by atoms with Crippen LogP contribution >= 0.6 is 27.7 Å². The first kappa shape index (κ1) is 13.3. The summed E-state index contributed by atoms with van der Waals surface area (Å²) in [4.78, 5) is 10.7. The van der Waals surface area contributed by atoms with E-state index in [4.69, 9.17) is 4.74 Å². The Morgan fingerprint density at radius 3 is 2.94 bits per heavy atom. The highest BCUT2D eigenvalue weighted by Crippen LogP contribution is 2.23. The molecule has 16 heavy (non-hydrogen) atoms. The van der Waals surface area contributed by atoms with Gasteiger partial charge in [-0.3, -0.25) is 4.79 Å². The van der Waals surface area contributed by atoms with Gasteiger partial charge in [0, 0.05) is 17.1 Å². The van der Waals surface area contributed by atoms with Crippen LogP contribution in [0.4, 0.5) is 0 Å². The summed E-state index contributed by atoms with van der Waals surface area (Å²) in [6.07, 6.45) is 3.94. The van der Waals surface area contributed by atoms with E-state index in [1.165, 1.54) is 11.8 Å². The number of methoxy groups -OCH3 is 1. The maximum absolute atomic E-state index is 10.7. The molecule has 0 N–H and O–H groups in total. The quantitative estimate of drug-likeness (QED) is 0.847. The molecule has 2 nitrogen and oxygen atoms in total. The lowest BCUT2D eigenvalue weighted by molar-refractivity contribution is -0.109. The number of carbonyl (C=O) groups is 1. The van der Waals surface area contributed by atoms with E-state index in [0.717, 1.165) is 15.8 Å². The van der Waals surface area contributed by atoms with Crippen molar-refractivity contribution in [2.24, 2.45) is 0 Å². The summed E-state index contributed by atoms with van der Waals surface area (Å²) >= 11 is 4.75. The Labute approximate surface area is 108 Å². The summed E-state index contributed by atoms with van der Waals surface area (Å²) in [7, 11) is 1.64. The second-order valence-corrected chi connectivity index (χ2v) is 5.14. The first-order valence-corrected chi connectivity index (χ1v) is 6.55. The first-order valence-electron chi connectivity index (χ1n) is 4.77. The maximum Gasteiger partial charge on any atom is 0.186 e. The van der Waals surface area contributed by atoms with Gasteiger partial charge in [0.25, 0.3) is 0 Å². The predicted octanol–water partition coefficient (Wildman–Crippen LogP) is 3.75. The molecule has 1 aromatic rings. The highest BCUT2D eigenvalue weighted by atomic mass is 79.9. The van der Waals surface area contributed by atoms with Crippen LogP contribution in [0.5, 0.6) is 5.75 Å². The van der Waals surface area contributed by atoms with E-state index in [0.29, 0.717) is 5.75 Å². The van der Waals surface area contributed by atoms with Crippen molar-refractivity contribution in [2.45, 2.75) is 6.92 Å². The fraction of sp³-hybridized carbons (Fsp3) is 0.250. The van der Waals surface area contributed by atoms with Crippen molar-refractivity contribution in [3.63, 3.8) is 0 Å². The summed E-state index contributed by atoms with van der Waals surface area (Å²) in [5.74, 6) is 1.51. The third kappa shape index (κ3) is 4.41. The van der Waals surface area contributed by atoms with Gasteiger partial charge in [-0.25, -0.2) is 0 Å². The molecule has 0 spiro atoms. The molecule has 0 radical (unpaired) electrons. The summed E-state index contributed by atoms with van der Waals surface area (Å²) < 4.78 is 6.15. The lowest BCUT2D eigenvalue weighted by Gasteiger charge is -2.03. The molecule has 0 saturated carbocycles. The molecule has 4 heteroatoms. The Bertz CT molecular complexity index is 402. The van der Waals surface area contributed by atoms with Gasteiger partial charge >= 0.3 is 0 Å². The SMILES string of the molecule is COc1ccc(Br)c(C=CCSC(C)=O)c1. The molecular formula is C12H13BrO2S. The zero-order valence-electron chi connectivity index (χ0n) is 9.20. The van der Waals surface area contributed by atoms with E-state index in [1.54, 1.807) is 14.0 Å². The number of ether oxygens (including phenoxy) is 1. The minimum atomic E-state index is 0.134. The van der Waals surface area contributed by atoms with Crippen molar-refractivity contribution in [1.29, 1.82) is 0 Å². The topological polar surface area (TPSA) is 26.3 Å². The van der Waals surface area contributed by atoms with E-state index in [-0.39, 0.29) is 5.12 Å². The normalized spacial score (nSPS) is 10.7. The Morgan fingerprint density at radius 2 is 2.31 bits per heavy atom. The molecule has 0 aliphatic heterocycles. The van der Waals surface area contributed by atoms with Crippen LogP contribution in [0.3, 0.4) is 0 Å². The monoisotopic (exact) mass is 300 g/mol. The molecule has 1 rings (SSSR count). The van der Waals surface area contributed by atoms with Crippen LogP contribution in [0.15, 0.2) is 28.7 Å². The van der Waals surface area contributed by atoms with Crippen molar-refractivity contribution >= 4 is 38.9 Å². The third-order valence-electron chi connectivity index (χ3n) is 1.88. The maximum atomic E-state index is 10.7. The molecule has 0 amide bonds. The smallest absolute Gasteiger partial charge is 0.186 e. The van der Waals surface area contributed by atoms with Crippen LogP contribution in [-0.2, 0) is 4.79 Å². The fourth-order valence-electron chi connectivity index (χ4n) is 1.12. The zero-order chi connectivity index (χ0) is 12.0. The summed E-state index contributed by atoms with van der Waals surface area (Å²) in [6, 6.07) is 5.78. The zero-order valence-corrected chi connectivity index (χ0v) is 11.6. The molecule has 1 aromatic carbocycles. The number of hydrogen-bond donors (Lipinski definition) is 0. The highest BCUT2D eigenvalue weighted by molar-refractivity contribution is 9.10. The van der Waals surface area contributed by atoms with E-state index < -0.39 is 0 Å². The predicted molar refractivity (Wildman–Crippen MR) is 72.9 cm³/mol. The molecule has 0 aliphatic carbocycles. The number of thioether (sulfide) groups is 1. The largest absolute Gasteiger partial charge is 0.497 e. The molecule has 0 aromatic heterocycles. The number of carbonyl (C=O) groups excluding carboxylic acids is 1. The standard InChI is InChI=1S/C12H13BrO2S/c1-9(14)16-7-3-4-10-8-11(15-2)5-6-12(10)13/h3-6,8H,7H2,1-2H3. The fourth-order valence-corrected chi connectivity index (χ4v) is 1.92. The molecular weight excluding hydrogens is 288 g/mol. The van der Waals surface area contributed by atoms with Crippen molar-refractivity contribution in [3.8, 4) is 5.75 Å². The summed E-state index contributed by atoms with van der Waals surface area (Å²) in [5.41, 5.74) is 1.04. The summed E-state index contributed by atoms with van der Waals surface area (Å²) in [5, 5.41) is 0.134. The van der Waals surface area contributed by atoms with Gasteiger partial charge in [0.1, 0.15) is 5.75 Å². The Balaban J connectivity index is 2.68. The van der Waals surface area contributed by atoms with Crippen LogP contribution < -0.4 is 4.74 Å². The van der Waals surface area contributed by atoms with Crippen molar-refractivity contribution in [3.05, 3.63) is 34.3 Å². The molecule has 0 aliphatic rings. The molecule has 0 heterocycles. The molecule has 0 unspecified atom stereocenters. The minimum absolute atomic E-state index is 0.134. The van der Waals surface area contributed by atoms with Gasteiger partial charge in [-0.2, -0.15) is 0 Å². The van der Waals surface area contributed by atoms with E-state index in [9.17, 15) is 4.79 Å². The second-order valence-electron chi connectivity index (χ2n) is 3.09. The lowest BCUT2D eigenvalue weighted by Crippen LogP contribution is -1.85. The van der Waals surface area contributed by atoms with E-state index in [1.807, 2.05) is 30.4 Å². The van der Waals surface area contributed by atoms with Gasteiger partial charge in [-0.05, 0) is 23.8 Å². The molecule has 86 valence electrons. The van der Waals surface area contributed by atoms with Gasteiger partial charge in [-0.1, -0.05) is 39.8 Å². The van der Waals surface area contributed by atoms with Crippen molar-refractivity contribution in [2.75, 3.05) is 12.9 Å². The third-order valence-corrected chi connectivity index (χ3v) is 3.37. The van der Waals surface area contributed by atoms with Gasteiger partial charge in [0.2, 0.25) is 0 Å². The molecule has 0 atom stereocenters. The number of hydrogen-bond acceptors (Lipinski definition) is 3. The molecule has 0 fully saturated rings. The second kappa shape index (κ2) is 6.76. The number of rotatable bonds is 4. The average Bonchev–Trinajstić information content (AvgIpc) is 2.26. The van der Waals surface area contributed by atoms with Crippen LogP contribution in [-0.4, -0.2) is 18.0 Å². The minimum Gasteiger partial charge on any atom is -0.497 e. The van der Waals surface area contributed by atoms with Gasteiger partial charge in [-0.15, -0.1) is 0 Å². The van der Waals surface area contributed by atoms with E-state index >= 15 is 0 Å². The molecule has 0 bridgehead atoms. The first-order chi connectivity index (χ1) is 7.63. The number of halogens is 1. The highest BCUT2D eigenvalue weighted by Gasteiger charge is 1.98. The van der Waals surface area contributed by atoms with Gasteiger partial charge in [0.15, 0.2) is 5.12 Å². The van der Waals surface area contributed by atoms with Crippen molar-refractivity contribution < 1.29 is 9.53 Å². The van der Waals surface area contributed by atoms with Gasteiger partial charge in [0.05, 0.1) is 7.11 Å². The Kier molecular flexibility index (Phi) is 5.63. The lowest BCUT2D eigenvalue weighted by atomic mass is 10.2. The van der Waals surface area contributed by atoms with Crippen LogP contribution in [0, 0.1) is 0 Å². The summed E-state index contributed by atoms with van der Waals surface area (Å²) in [6.45, 7) is 1.57. The number of benzene rings is 1. The Hall–Kier alpha value is -0.740. The van der Waals surface area contributed by atoms with Crippen molar-refractivity contribution in [1.82, 2.24) is 0 Å². The van der Waals surface area contributed by atoms with Crippen LogP contribution in [0.1, 0.15) is 12.5 Å². The van der Waals surface area contributed by atoms with Crippen LogP contribution in [0.2, 0.25) is 0 Å². The van der Waals surface area contributed by atoms with Crippen LogP contribution in [0.25, 0.3) is 6.08 Å². The van der Waals surface area contributed by atoms with Gasteiger partial charge < -0.3 is 4.74 Å². The molecule has 0 saturated heterocycles. The Morgan fingerprint density at radius 1 is 1.56 bits per heavy atom.